The minimum Gasteiger partial charge on any atom is -0.393 e. The lowest BCUT2D eigenvalue weighted by Crippen LogP contribution is -2.54. The number of hydrogen-bond acceptors (Lipinski definition) is 3. The minimum atomic E-state index is -3.37. The summed E-state index contributed by atoms with van der Waals surface area (Å²) in [5.74, 6) is 0.125. The van der Waals surface area contributed by atoms with Crippen molar-refractivity contribution >= 4 is 10.2 Å². The van der Waals surface area contributed by atoms with Crippen LogP contribution in [0.25, 0.3) is 0 Å². The van der Waals surface area contributed by atoms with Crippen molar-refractivity contribution < 1.29 is 13.5 Å². The third-order valence-corrected chi connectivity index (χ3v) is 6.68. The molecule has 0 aromatic carbocycles. The third-order valence-electron chi connectivity index (χ3n) is 4.98. The molecule has 3 unspecified atom stereocenters. The van der Waals surface area contributed by atoms with E-state index in [0.717, 1.165) is 57.8 Å². The summed E-state index contributed by atoms with van der Waals surface area (Å²) in [6.07, 6.45) is 8.46. The summed E-state index contributed by atoms with van der Waals surface area (Å²) >= 11 is 0. The molecule has 0 bridgehead atoms. The first kappa shape index (κ1) is 14.8. The number of aliphatic hydroxyl groups is 1. The number of rotatable bonds is 4. The molecule has 2 N–H and O–H groups in total. The van der Waals surface area contributed by atoms with Crippen molar-refractivity contribution in [2.24, 2.45) is 5.92 Å². The summed E-state index contributed by atoms with van der Waals surface area (Å²) < 4.78 is 29.5. The summed E-state index contributed by atoms with van der Waals surface area (Å²) in [6.45, 7) is 0.607. The molecule has 20 heavy (non-hydrogen) atoms. The molecule has 3 aliphatic rings. The van der Waals surface area contributed by atoms with Crippen LogP contribution in [0.1, 0.15) is 57.8 Å². The van der Waals surface area contributed by atoms with Gasteiger partial charge < -0.3 is 5.11 Å². The standard InChI is InChI=1S/C14H26N2O3S/c17-14-7-2-1-5-12(14)13-6-3-4-10-16(13)20(18,19)15-11-8-9-11/h11-15,17H,1-10H2. The largest absolute Gasteiger partial charge is 0.393 e. The van der Waals surface area contributed by atoms with E-state index in [4.69, 9.17) is 0 Å². The average molecular weight is 302 g/mol. The van der Waals surface area contributed by atoms with Gasteiger partial charge in [0, 0.05) is 24.5 Å². The average Bonchev–Trinajstić information content (AvgIpc) is 3.23. The fourth-order valence-electron chi connectivity index (χ4n) is 3.73. The molecule has 3 fully saturated rings. The van der Waals surface area contributed by atoms with Gasteiger partial charge in [0.05, 0.1) is 6.10 Å². The summed E-state index contributed by atoms with van der Waals surface area (Å²) in [5, 5.41) is 10.3. The normalized spacial score (nSPS) is 37.0. The van der Waals surface area contributed by atoms with Gasteiger partial charge in [0.1, 0.15) is 0 Å². The van der Waals surface area contributed by atoms with Gasteiger partial charge in [0.2, 0.25) is 0 Å². The van der Waals surface area contributed by atoms with Crippen LogP contribution in [-0.4, -0.2) is 42.6 Å². The molecule has 0 radical (unpaired) electrons. The van der Waals surface area contributed by atoms with Gasteiger partial charge in [-0.25, -0.2) is 0 Å². The van der Waals surface area contributed by atoms with Crippen molar-refractivity contribution in [1.29, 1.82) is 0 Å². The maximum Gasteiger partial charge on any atom is 0.279 e. The Morgan fingerprint density at radius 1 is 0.950 bits per heavy atom. The van der Waals surface area contributed by atoms with Crippen LogP contribution in [0.4, 0.5) is 0 Å². The maximum atomic E-state index is 12.5. The van der Waals surface area contributed by atoms with Gasteiger partial charge in [-0.15, -0.1) is 0 Å². The molecule has 6 heteroatoms. The topological polar surface area (TPSA) is 69.6 Å². The van der Waals surface area contributed by atoms with Gasteiger partial charge in [-0.2, -0.15) is 17.4 Å². The van der Waals surface area contributed by atoms with Crippen LogP contribution in [0.3, 0.4) is 0 Å². The first-order valence-electron chi connectivity index (χ1n) is 8.05. The molecule has 5 nitrogen and oxygen atoms in total. The maximum absolute atomic E-state index is 12.5. The third kappa shape index (κ3) is 3.18. The SMILES string of the molecule is O=S(=O)(NC1CC1)N1CCCCC1C1CCCCC1O. The Morgan fingerprint density at radius 3 is 2.35 bits per heavy atom. The molecule has 1 saturated heterocycles. The van der Waals surface area contributed by atoms with Crippen molar-refractivity contribution in [2.75, 3.05) is 6.54 Å². The van der Waals surface area contributed by atoms with Gasteiger partial charge in [-0.3, -0.25) is 0 Å². The van der Waals surface area contributed by atoms with Crippen LogP contribution in [-0.2, 0) is 10.2 Å². The predicted octanol–water partition coefficient (Wildman–Crippen LogP) is 1.39. The number of hydrogen-bond donors (Lipinski definition) is 2. The van der Waals surface area contributed by atoms with Gasteiger partial charge in [0.15, 0.2) is 0 Å². The molecule has 0 amide bonds. The van der Waals surface area contributed by atoms with Crippen molar-refractivity contribution in [3.05, 3.63) is 0 Å². The summed E-state index contributed by atoms with van der Waals surface area (Å²) in [5.41, 5.74) is 0. The van der Waals surface area contributed by atoms with Crippen LogP contribution in [0.15, 0.2) is 0 Å². The van der Waals surface area contributed by atoms with Crippen molar-refractivity contribution in [1.82, 2.24) is 9.03 Å². The Balaban J connectivity index is 1.75. The Kier molecular flexibility index (Phi) is 4.36. The van der Waals surface area contributed by atoms with Crippen LogP contribution < -0.4 is 4.72 Å². The molecule has 0 aromatic rings. The molecule has 0 spiro atoms. The lowest BCUT2D eigenvalue weighted by atomic mass is 9.79. The van der Waals surface area contributed by atoms with E-state index in [-0.39, 0.29) is 24.1 Å². The Labute approximate surface area is 121 Å². The van der Waals surface area contributed by atoms with E-state index in [9.17, 15) is 13.5 Å². The van der Waals surface area contributed by atoms with Crippen LogP contribution >= 0.6 is 0 Å². The monoisotopic (exact) mass is 302 g/mol. The van der Waals surface area contributed by atoms with Crippen LogP contribution in [0.5, 0.6) is 0 Å². The highest BCUT2D eigenvalue weighted by Gasteiger charge is 2.42. The molecular weight excluding hydrogens is 276 g/mol. The highest BCUT2D eigenvalue weighted by molar-refractivity contribution is 7.87. The zero-order chi connectivity index (χ0) is 14.2. The van der Waals surface area contributed by atoms with E-state index in [0.29, 0.717) is 6.54 Å². The number of nitrogens with one attached hydrogen (secondary N) is 1. The van der Waals surface area contributed by atoms with Gasteiger partial charge in [0.25, 0.3) is 10.2 Å². The lowest BCUT2D eigenvalue weighted by Gasteiger charge is -2.42. The van der Waals surface area contributed by atoms with E-state index in [1.165, 1.54) is 0 Å². The molecule has 3 rings (SSSR count). The second kappa shape index (κ2) is 5.91. The second-order valence-electron chi connectivity index (χ2n) is 6.59. The zero-order valence-electron chi connectivity index (χ0n) is 12.0. The zero-order valence-corrected chi connectivity index (χ0v) is 12.8. The smallest absolute Gasteiger partial charge is 0.279 e. The van der Waals surface area contributed by atoms with Crippen LogP contribution in [0.2, 0.25) is 0 Å². The molecule has 0 aromatic heterocycles. The number of piperidine rings is 1. The van der Waals surface area contributed by atoms with Crippen molar-refractivity contribution in [3.8, 4) is 0 Å². The number of aliphatic hydroxyl groups excluding tert-OH is 1. The summed E-state index contributed by atoms with van der Waals surface area (Å²) in [4.78, 5) is 0. The fraction of sp³-hybridized carbons (Fsp3) is 1.00. The van der Waals surface area contributed by atoms with Gasteiger partial charge >= 0.3 is 0 Å². The van der Waals surface area contributed by atoms with E-state index in [2.05, 4.69) is 4.72 Å². The van der Waals surface area contributed by atoms with E-state index >= 15 is 0 Å². The first-order valence-corrected chi connectivity index (χ1v) is 9.49. The van der Waals surface area contributed by atoms with Gasteiger partial charge in [-0.1, -0.05) is 19.3 Å². The Morgan fingerprint density at radius 2 is 1.65 bits per heavy atom. The highest BCUT2D eigenvalue weighted by atomic mass is 32.2. The highest BCUT2D eigenvalue weighted by Crippen LogP contribution is 2.35. The molecule has 2 saturated carbocycles. The van der Waals surface area contributed by atoms with Crippen molar-refractivity contribution in [3.63, 3.8) is 0 Å². The lowest BCUT2D eigenvalue weighted by molar-refractivity contribution is 0.0200. The molecule has 1 aliphatic heterocycles. The number of nitrogens with zero attached hydrogens (tertiary/aromatic N) is 1. The quantitative estimate of drug-likeness (QED) is 0.824. The molecule has 116 valence electrons. The molecular formula is C14H26N2O3S. The van der Waals surface area contributed by atoms with Gasteiger partial charge in [-0.05, 0) is 38.5 Å². The fourth-order valence-corrected chi connectivity index (χ4v) is 5.51. The Hall–Kier alpha value is -0.170. The Bertz CT molecular complexity index is 436. The van der Waals surface area contributed by atoms with Crippen LogP contribution in [0, 0.1) is 5.92 Å². The van der Waals surface area contributed by atoms with E-state index in [1.807, 2.05) is 0 Å². The summed E-state index contributed by atoms with van der Waals surface area (Å²) in [6, 6.07) is 0.147. The molecule has 1 heterocycles. The predicted molar refractivity (Wildman–Crippen MR) is 77.4 cm³/mol. The second-order valence-corrected chi connectivity index (χ2v) is 8.24. The molecule has 3 atom stereocenters. The minimum absolute atomic E-state index is 0.00435. The van der Waals surface area contributed by atoms with E-state index < -0.39 is 10.2 Å². The first-order chi connectivity index (χ1) is 9.58. The van der Waals surface area contributed by atoms with E-state index in [1.54, 1.807) is 4.31 Å². The molecule has 2 aliphatic carbocycles. The van der Waals surface area contributed by atoms with Crippen molar-refractivity contribution in [2.45, 2.75) is 76.0 Å². The summed E-state index contributed by atoms with van der Waals surface area (Å²) in [7, 11) is -3.37.